The highest BCUT2D eigenvalue weighted by Gasteiger charge is 2.61. The lowest BCUT2D eigenvalue weighted by atomic mass is 9.87. The smallest absolute Gasteiger partial charge is 0.123 e. The molecule has 2 heteroatoms. The highest BCUT2D eigenvalue weighted by atomic mass is 19.1. The molecule has 1 nitrogen and oxygen atoms in total. The number of hydrogen-bond donors (Lipinski definition) is 1. The average Bonchev–Trinajstić information content (AvgIpc) is 2.67. The summed E-state index contributed by atoms with van der Waals surface area (Å²) in [5, 5.41) is 0. The summed E-state index contributed by atoms with van der Waals surface area (Å²) in [5.41, 5.74) is 7.56. The lowest BCUT2D eigenvalue weighted by molar-refractivity contribution is 0.434. The van der Waals surface area contributed by atoms with Gasteiger partial charge in [0, 0.05) is 5.54 Å². The van der Waals surface area contributed by atoms with Gasteiger partial charge in [-0.15, -0.1) is 0 Å². The van der Waals surface area contributed by atoms with Crippen molar-refractivity contribution in [1.82, 2.24) is 0 Å². The fourth-order valence-electron chi connectivity index (χ4n) is 2.48. The third-order valence-electron chi connectivity index (χ3n) is 4.01. The molecule has 1 aliphatic rings. The molecule has 0 saturated heterocycles. The second-order valence-electron chi connectivity index (χ2n) is 5.37. The first-order chi connectivity index (χ1) is 6.87. The van der Waals surface area contributed by atoms with Crippen LogP contribution >= 0.6 is 0 Å². The van der Waals surface area contributed by atoms with Crippen molar-refractivity contribution in [3.8, 4) is 0 Å². The minimum absolute atomic E-state index is 0.120. The van der Waals surface area contributed by atoms with Crippen molar-refractivity contribution in [1.29, 1.82) is 0 Å². The molecule has 2 atom stereocenters. The van der Waals surface area contributed by atoms with E-state index in [0.29, 0.717) is 0 Å². The molecule has 1 aliphatic carbocycles. The first-order valence-electron chi connectivity index (χ1n) is 5.41. The number of benzene rings is 1. The molecule has 1 fully saturated rings. The lowest BCUT2D eigenvalue weighted by Crippen LogP contribution is -2.34. The monoisotopic (exact) mass is 207 g/mol. The molecule has 0 radical (unpaired) electrons. The van der Waals surface area contributed by atoms with Crippen LogP contribution in [0.4, 0.5) is 4.39 Å². The van der Waals surface area contributed by atoms with E-state index in [-0.39, 0.29) is 22.7 Å². The molecule has 1 saturated carbocycles. The van der Waals surface area contributed by atoms with Gasteiger partial charge in [0.15, 0.2) is 0 Å². The van der Waals surface area contributed by atoms with Crippen LogP contribution in [0.25, 0.3) is 0 Å². The predicted molar refractivity (Wildman–Crippen MR) is 60.1 cm³/mol. The topological polar surface area (TPSA) is 26.0 Å². The van der Waals surface area contributed by atoms with E-state index in [1.165, 1.54) is 12.1 Å². The molecule has 0 heterocycles. The zero-order valence-electron chi connectivity index (χ0n) is 9.55. The third-order valence-corrected chi connectivity index (χ3v) is 4.01. The molecule has 0 aliphatic heterocycles. The largest absolute Gasteiger partial charge is 0.324 e. The summed E-state index contributed by atoms with van der Waals surface area (Å²) < 4.78 is 12.8. The quantitative estimate of drug-likeness (QED) is 0.792. The molecule has 1 aromatic carbocycles. The van der Waals surface area contributed by atoms with Crippen molar-refractivity contribution in [2.45, 2.75) is 38.6 Å². The van der Waals surface area contributed by atoms with Gasteiger partial charge < -0.3 is 5.73 Å². The number of nitrogens with two attached hydrogens (primary N) is 1. The Balaban J connectivity index is 2.23. The van der Waals surface area contributed by atoms with Gasteiger partial charge in [0.05, 0.1) is 0 Å². The van der Waals surface area contributed by atoms with Gasteiger partial charge in [0.1, 0.15) is 5.82 Å². The normalized spacial score (nSPS) is 29.9. The van der Waals surface area contributed by atoms with E-state index in [9.17, 15) is 4.39 Å². The van der Waals surface area contributed by atoms with E-state index >= 15 is 0 Å². The van der Waals surface area contributed by atoms with E-state index in [4.69, 9.17) is 5.73 Å². The fourth-order valence-corrected chi connectivity index (χ4v) is 2.48. The van der Waals surface area contributed by atoms with Crippen LogP contribution in [0.3, 0.4) is 0 Å². The second-order valence-corrected chi connectivity index (χ2v) is 5.37. The minimum atomic E-state index is -0.188. The summed E-state index contributed by atoms with van der Waals surface area (Å²) in [7, 11) is 0. The zero-order valence-corrected chi connectivity index (χ0v) is 9.55. The van der Waals surface area contributed by atoms with Gasteiger partial charge in [-0.25, -0.2) is 4.39 Å². The van der Waals surface area contributed by atoms with Gasteiger partial charge in [-0.3, -0.25) is 0 Å². The van der Waals surface area contributed by atoms with Crippen molar-refractivity contribution < 1.29 is 4.39 Å². The van der Waals surface area contributed by atoms with Crippen LogP contribution in [-0.2, 0) is 0 Å². The summed E-state index contributed by atoms with van der Waals surface area (Å²) in [4.78, 5) is 0. The van der Waals surface area contributed by atoms with E-state index < -0.39 is 0 Å². The molecule has 2 unspecified atom stereocenters. The third kappa shape index (κ3) is 1.57. The fraction of sp³-hybridized carbons (Fsp3) is 0.538. The molecule has 2 N–H and O–H groups in total. The Morgan fingerprint density at radius 2 is 1.73 bits per heavy atom. The highest BCUT2D eigenvalue weighted by molar-refractivity contribution is 5.31. The molecule has 82 valence electrons. The Hall–Kier alpha value is -0.890. The SMILES string of the molecule is CC(c1ccc(F)cc1)C1(N)CC1(C)C. The number of rotatable bonds is 2. The van der Waals surface area contributed by atoms with E-state index in [1.54, 1.807) is 0 Å². The Bertz CT molecular complexity index is 369. The molecule has 0 amide bonds. The Morgan fingerprint density at radius 3 is 2.13 bits per heavy atom. The summed E-state index contributed by atoms with van der Waals surface area (Å²) in [6.07, 6.45) is 1.04. The van der Waals surface area contributed by atoms with Crippen LogP contribution in [0.15, 0.2) is 24.3 Å². The van der Waals surface area contributed by atoms with Crippen LogP contribution in [-0.4, -0.2) is 5.54 Å². The van der Waals surface area contributed by atoms with E-state index in [2.05, 4.69) is 20.8 Å². The molecule has 15 heavy (non-hydrogen) atoms. The summed E-state index contributed by atoms with van der Waals surface area (Å²) in [5.74, 6) is 0.0974. The first-order valence-corrected chi connectivity index (χ1v) is 5.41. The standard InChI is InChI=1S/C13H18FN/c1-9(13(15)8-12(13,2)3)10-4-6-11(14)7-5-10/h4-7,9H,8,15H2,1-3H3. The molecular formula is C13H18FN. The van der Waals surface area contributed by atoms with Gasteiger partial charge in [0.2, 0.25) is 0 Å². The summed E-state index contributed by atoms with van der Waals surface area (Å²) in [6.45, 7) is 6.50. The van der Waals surface area contributed by atoms with Crippen molar-refractivity contribution in [3.63, 3.8) is 0 Å². The van der Waals surface area contributed by atoms with Crippen molar-refractivity contribution in [2.75, 3.05) is 0 Å². The summed E-state index contributed by atoms with van der Waals surface area (Å²) in [6, 6.07) is 6.68. The first kappa shape index (κ1) is 10.6. The lowest BCUT2D eigenvalue weighted by Gasteiger charge is -2.23. The van der Waals surface area contributed by atoms with Crippen LogP contribution in [0.5, 0.6) is 0 Å². The minimum Gasteiger partial charge on any atom is -0.324 e. The molecule has 2 rings (SSSR count). The molecule has 0 aromatic heterocycles. The van der Waals surface area contributed by atoms with Crippen LogP contribution in [0.2, 0.25) is 0 Å². The highest BCUT2D eigenvalue weighted by Crippen LogP contribution is 2.60. The van der Waals surface area contributed by atoms with Crippen molar-refractivity contribution >= 4 is 0 Å². The number of hydrogen-bond acceptors (Lipinski definition) is 1. The molecule has 0 bridgehead atoms. The predicted octanol–water partition coefficient (Wildman–Crippen LogP) is 3.06. The maximum atomic E-state index is 12.8. The van der Waals surface area contributed by atoms with Gasteiger partial charge in [-0.05, 0) is 35.4 Å². The molecule has 0 spiro atoms. The van der Waals surface area contributed by atoms with E-state index in [0.717, 1.165) is 12.0 Å². The van der Waals surface area contributed by atoms with Crippen LogP contribution in [0, 0.1) is 11.2 Å². The van der Waals surface area contributed by atoms with E-state index in [1.807, 2.05) is 12.1 Å². The van der Waals surface area contributed by atoms with Crippen molar-refractivity contribution in [3.05, 3.63) is 35.6 Å². The van der Waals surface area contributed by atoms with Gasteiger partial charge in [0.25, 0.3) is 0 Å². The Labute approximate surface area is 90.5 Å². The Kier molecular flexibility index (Phi) is 2.16. The molecular weight excluding hydrogens is 189 g/mol. The van der Waals surface area contributed by atoms with Crippen molar-refractivity contribution in [2.24, 2.45) is 11.1 Å². The van der Waals surface area contributed by atoms with Crippen LogP contribution < -0.4 is 5.73 Å². The molecule has 1 aromatic rings. The van der Waals surface area contributed by atoms with Gasteiger partial charge in [-0.1, -0.05) is 32.9 Å². The average molecular weight is 207 g/mol. The summed E-state index contributed by atoms with van der Waals surface area (Å²) >= 11 is 0. The van der Waals surface area contributed by atoms with Crippen LogP contribution in [0.1, 0.15) is 38.7 Å². The number of halogens is 1. The van der Waals surface area contributed by atoms with Gasteiger partial charge >= 0.3 is 0 Å². The maximum absolute atomic E-state index is 12.8. The maximum Gasteiger partial charge on any atom is 0.123 e. The second kappa shape index (κ2) is 3.05. The zero-order chi connectivity index (χ0) is 11.3. The van der Waals surface area contributed by atoms with Gasteiger partial charge in [-0.2, -0.15) is 0 Å². The Morgan fingerprint density at radius 1 is 1.27 bits per heavy atom.